The van der Waals surface area contributed by atoms with Crippen molar-refractivity contribution < 1.29 is 21.9 Å². The molecule has 0 unspecified atom stereocenters. The first-order chi connectivity index (χ1) is 12.9. The van der Waals surface area contributed by atoms with Gasteiger partial charge in [-0.15, -0.1) is 12.4 Å². The molecule has 0 bridgehead atoms. The van der Waals surface area contributed by atoms with Crippen LogP contribution in [0.3, 0.4) is 0 Å². The van der Waals surface area contributed by atoms with Crippen molar-refractivity contribution in [1.82, 2.24) is 9.29 Å². The minimum absolute atomic E-state index is 0. The molecule has 1 heterocycles. The molecule has 0 aliphatic carbocycles. The summed E-state index contributed by atoms with van der Waals surface area (Å²) in [5.74, 6) is -1.06. The van der Waals surface area contributed by atoms with Crippen LogP contribution in [0.1, 0.15) is 5.56 Å². The van der Waals surface area contributed by atoms with Crippen LogP contribution in [0.25, 0.3) is 11.3 Å². The maximum absolute atomic E-state index is 14.3. The van der Waals surface area contributed by atoms with E-state index < -0.39 is 21.7 Å². The van der Waals surface area contributed by atoms with E-state index >= 15 is 0 Å². The van der Waals surface area contributed by atoms with Crippen molar-refractivity contribution >= 4 is 22.4 Å². The molecule has 5 nitrogen and oxygen atoms in total. The van der Waals surface area contributed by atoms with Gasteiger partial charge < -0.3 is 10.1 Å². The molecule has 0 saturated carbocycles. The molecule has 3 rings (SSSR count). The minimum Gasteiger partial charge on any atom is -0.497 e. The van der Waals surface area contributed by atoms with Crippen molar-refractivity contribution in [2.24, 2.45) is 0 Å². The average Bonchev–Trinajstić information content (AvgIpc) is 3.06. The number of hydrogen-bond acceptors (Lipinski definition) is 4. The number of nitrogens with zero attached hydrogens (tertiary/aromatic N) is 1. The van der Waals surface area contributed by atoms with Crippen LogP contribution in [0.4, 0.5) is 8.78 Å². The number of methoxy groups -OCH3 is 1. The fraction of sp³-hybridized carbons (Fsp3) is 0.158. The molecule has 0 spiro atoms. The molecule has 3 aromatic rings. The molecular formula is C19H19ClF2N2O3S. The van der Waals surface area contributed by atoms with Gasteiger partial charge in [0.2, 0.25) is 0 Å². The summed E-state index contributed by atoms with van der Waals surface area (Å²) in [5, 5.41) is 2.93. The zero-order valence-corrected chi connectivity index (χ0v) is 16.8. The molecule has 28 heavy (non-hydrogen) atoms. The SMILES string of the molecule is CNCc1cc(-c2ccc(F)cc2F)n(S(=O)(=O)c2ccc(OC)cc2)c1.Cl. The molecule has 9 heteroatoms. The van der Waals surface area contributed by atoms with E-state index in [9.17, 15) is 17.2 Å². The minimum atomic E-state index is -3.99. The van der Waals surface area contributed by atoms with Crippen LogP contribution in [-0.2, 0) is 16.6 Å². The van der Waals surface area contributed by atoms with Gasteiger partial charge in [-0.1, -0.05) is 0 Å². The number of ether oxygens (including phenoxy) is 1. The number of halogens is 3. The van der Waals surface area contributed by atoms with Gasteiger partial charge in [0.25, 0.3) is 10.0 Å². The molecule has 0 amide bonds. The first-order valence-electron chi connectivity index (χ1n) is 8.07. The van der Waals surface area contributed by atoms with Crippen LogP contribution in [0.15, 0.2) is 59.6 Å². The smallest absolute Gasteiger partial charge is 0.268 e. The van der Waals surface area contributed by atoms with Gasteiger partial charge in [0.1, 0.15) is 17.4 Å². The van der Waals surface area contributed by atoms with E-state index in [1.165, 1.54) is 43.6 Å². The summed E-state index contributed by atoms with van der Waals surface area (Å²) in [6.45, 7) is 0.390. The van der Waals surface area contributed by atoms with Crippen molar-refractivity contribution in [3.05, 3.63) is 71.9 Å². The number of nitrogens with one attached hydrogen (secondary N) is 1. The van der Waals surface area contributed by atoms with Gasteiger partial charge in [-0.25, -0.2) is 21.2 Å². The summed E-state index contributed by atoms with van der Waals surface area (Å²) in [7, 11) is -0.797. The van der Waals surface area contributed by atoms with E-state index in [0.29, 0.717) is 17.9 Å². The van der Waals surface area contributed by atoms with E-state index in [2.05, 4.69) is 5.32 Å². The molecule has 1 aromatic heterocycles. The Morgan fingerprint density at radius 1 is 1.07 bits per heavy atom. The highest BCUT2D eigenvalue weighted by atomic mass is 35.5. The van der Waals surface area contributed by atoms with Gasteiger partial charge in [0, 0.05) is 24.4 Å². The molecule has 1 N–H and O–H groups in total. The third-order valence-corrected chi connectivity index (χ3v) is 5.73. The molecular weight excluding hydrogens is 410 g/mol. The van der Waals surface area contributed by atoms with Gasteiger partial charge in [-0.05, 0) is 55.1 Å². The zero-order chi connectivity index (χ0) is 19.6. The highest BCUT2D eigenvalue weighted by molar-refractivity contribution is 7.90. The molecule has 2 aromatic carbocycles. The van der Waals surface area contributed by atoms with Crippen molar-refractivity contribution in [2.45, 2.75) is 11.4 Å². The second-order valence-corrected chi connectivity index (χ2v) is 7.68. The van der Waals surface area contributed by atoms with E-state index in [0.717, 1.165) is 16.1 Å². The predicted molar refractivity (Wildman–Crippen MR) is 105 cm³/mol. The largest absolute Gasteiger partial charge is 0.497 e. The van der Waals surface area contributed by atoms with Crippen LogP contribution >= 0.6 is 12.4 Å². The van der Waals surface area contributed by atoms with E-state index in [1.807, 2.05) is 0 Å². The second-order valence-electron chi connectivity index (χ2n) is 5.86. The van der Waals surface area contributed by atoms with Gasteiger partial charge in [-0.2, -0.15) is 0 Å². The Kier molecular flexibility index (Phi) is 6.82. The van der Waals surface area contributed by atoms with Crippen molar-refractivity contribution in [3.63, 3.8) is 0 Å². The number of hydrogen-bond donors (Lipinski definition) is 1. The third-order valence-electron chi connectivity index (χ3n) is 4.05. The van der Waals surface area contributed by atoms with Crippen molar-refractivity contribution in [2.75, 3.05) is 14.2 Å². The van der Waals surface area contributed by atoms with Crippen molar-refractivity contribution in [1.29, 1.82) is 0 Å². The van der Waals surface area contributed by atoms with Crippen LogP contribution in [0, 0.1) is 11.6 Å². The fourth-order valence-corrected chi connectivity index (χ4v) is 4.14. The first-order valence-corrected chi connectivity index (χ1v) is 9.51. The lowest BCUT2D eigenvalue weighted by Gasteiger charge is -2.12. The molecule has 0 radical (unpaired) electrons. The van der Waals surface area contributed by atoms with Crippen molar-refractivity contribution in [3.8, 4) is 17.0 Å². The summed E-state index contributed by atoms with van der Waals surface area (Å²) < 4.78 is 59.9. The molecule has 0 saturated heterocycles. The quantitative estimate of drug-likeness (QED) is 0.648. The Hall–Kier alpha value is -2.42. The maximum Gasteiger partial charge on any atom is 0.268 e. The topological polar surface area (TPSA) is 60.3 Å². The second kappa shape index (κ2) is 8.72. The molecule has 0 aliphatic rings. The number of benzene rings is 2. The predicted octanol–water partition coefficient (Wildman–Crippen LogP) is 3.82. The lowest BCUT2D eigenvalue weighted by Crippen LogP contribution is -2.14. The standard InChI is InChI=1S/C19H18F2N2O3S.ClH/c1-22-11-13-9-19(17-8-3-14(20)10-18(17)21)23(12-13)27(24,25)16-6-4-15(26-2)5-7-16;/h3-10,12,22H,11H2,1-2H3;1H. The van der Waals surface area contributed by atoms with Gasteiger partial charge >= 0.3 is 0 Å². The summed E-state index contributed by atoms with van der Waals surface area (Å²) in [6.07, 6.45) is 1.42. The van der Waals surface area contributed by atoms with Gasteiger partial charge in [-0.3, -0.25) is 0 Å². The molecule has 0 aliphatic heterocycles. The molecule has 150 valence electrons. The van der Waals surface area contributed by atoms with Gasteiger partial charge in [0.05, 0.1) is 17.7 Å². The Bertz CT molecular complexity index is 1070. The lowest BCUT2D eigenvalue weighted by atomic mass is 10.1. The Labute approximate surface area is 168 Å². The first kappa shape index (κ1) is 21.9. The van der Waals surface area contributed by atoms with E-state index in [4.69, 9.17) is 4.74 Å². The fourth-order valence-electron chi connectivity index (χ4n) is 2.75. The van der Waals surface area contributed by atoms with Crippen LogP contribution in [0.5, 0.6) is 5.75 Å². The molecule has 0 atom stereocenters. The zero-order valence-electron chi connectivity index (χ0n) is 15.1. The maximum atomic E-state index is 14.3. The third kappa shape index (κ3) is 4.19. The lowest BCUT2D eigenvalue weighted by molar-refractivity contribution is 0.414. The molecule has 0 fully saturated rings. The van der Waals surface area contributed by atoms with Gasteiger partial charge in [0.15, 0.2) is 0 Å². The average molecular weight is 429 g/mol. The van der Waals surface area contributed by atoms with Crippen LogP contribution in [0.2, 0.25) is 0 Å². The van der Waals surface area contributed by atoms with E-state index in [1.54, 1.807) is 13.1 Å². The monoisotopic (exact) mass is 428 g/mol. The Morgan fingerprint density at radius 3 is 2.32 bits per heavy atom. The highest BCUT2D eigenvalue weighted by Gasteiger charge is 2.23. The number of rotatable bonds is 6. The number of aromatic nitrogens is 1. The summed E-state index contributed by atoms with van der Waals surface area (Å²) >= 11 is 0. The van der Waals surface area contributed by atoms with E-state index in [-0.39, 0.29) is 28.6 Å². The van der Waals surface area contributed by atoms with Crippen LogP contribution in [-0.4, -0.2) is 26.5 Å². The summed E-state index contributed by atoms with van der Waals surface area (Å²) in [4.78, 5) is 0.0266. The van der Waals surface area contributed by atoms with Crippen LogP contribution < -0.4 is 10.1 Å². The summed E-state index contributed by atoms with van der Waals surface area (Å²) in [5.41, 5.74) is 0.762. The normalized spacial score (nSPS) is 11.1. The Balaban J connectivity index is 0.00000280. The highest BCUT2D eigenvalue weighted by Crippen LogP contribution is 2.30. The summed E-state index contributed by atoms with van der Waals surface area (Å²) in [6, 6.07) is 10.5. The Morgan fingerprint density at radius 2 is 1.75 bits per heavy atom.